The quantitative estimate of drug-likeness (QED) is 0.483. The fourth-order valence-electron chi connectivity index (χ4n) is 4.54. The molecule has 0 amide bonds. The van der Waals surface area contributed by atoms with Crippen LogP contribution in [0.3, 0.4) is 0 Å². The fraction of sp³-hybridized carbons (Fsp3) is 0.320. The van der Waals surface area contributed by atoms with Gasteiger partial charge in [0.15, 0.2) is 0 Å². The van der Waals surface area contributed by atoms with Crippen LogP contribution in [0.4, 0.5) is 5.69 Å². The molecule has 154 valence electrons. The second kappa shape index (κ2) is 8.00. The summed E-state index contributed by atoms with van der Waals surface area (Å²) in [6, 6.07) is 17.0. The van der Waals surface area contributed by atoms with Crippen LogP contribution < -0.4 is 9.64 Å². The average Bonchev–Trinajstić information content (AvgIpc) is 3.20. The number of rotatable bonds is 5. The lowest BCUT2D eigenvalue weighted by Gasteiger charge is -2.39. The molecule has 2 aromatic carbocycles. The van der Waals surface area contributed by atoms with E-state index in [4.69, 9.17) is 9.15 Å². The minimum absolute atomic E-state index is 0.449. The molecule has 0 saturated carbocycles. The summed E-state index contributed by atoms with van der Waals surface area (Å²) in [5.74, 6) is 0.870. The molecule has 0 aliphatic carbocycles. The van der Waals surface area contributed by atoms with E-state index in [9.17, 15) is 0 Å². The molecule has 0 radical (unpaired) electrons. The van der Waals surface area contributed by atoms with Gasteiger partial charge in [-0.3, -0.25) is 9.88 Å². The third-order valence-corrected chi connectivity index (χ3v) is 6.27. The molecule has 1 aliphatic heterocycles. The second-order valence-electron chi connectivity index (χ2n) is 8.05. The SMILES string of the molecule is COc1ccc2occ(CC(C)N3CCN(c4cccc5cccnc45)CC3)c2c1. The first-order valence-corrected chi connectivity index (χ1v) is 10.6. The third kappa shape index (κ3) is 3.50. The van der Waals surface area contributed by atoms with Gasteiger partial charge in [0.1, 0.15) is 11.3 Å². The van der Waals surface area contributed by atoms with Crippen molar-refractivity contribution in [3.05, 3.63) is 66.6 Å². The van der Waals surface area contributed by atoms with Crippen LogP contribution in [0.25, 0.3) is 21.9 Å². The normalized spacial score (nSPS) is 16.3. The molecule has 0 N–H and O–H groups in total. The zero-order valence-corrected chi connectivity index (χ0v) is 17.5. The maximum absolute atomic E-state index is 5.76. The molecule has 5 rings (SSSR count). The molecular weight excluding hydrogens is 374 g/mol. The number of anilines is 1. The summed E-state index contributed by atoms with van der Waals surface area (Å²) in [6.07, 6.45) is 4.75. The first-order valence-electron chi connectivity index (χ1n) is 10.6. The van der Waals surface area contributed by atoms with Crippen LogP contribution in [-0.4, -0.2) is 49.2 Å². The Kier molecular flexibility index (Phi) is 5.05. The van der Waals surface area contributed by atoms with E-state index in [1.54, 1.807) is 7.11 Å². The van der Waals surface area contributed by atoms with Crippen molar-refractivity contribution >= 4 is 27.6 Å². The summed E-state index contributed by atoms with van der Waals surface area (Å²) in [5.41, 5.74) is 4.51. The topological polar surface area (TPSA) is 41.7 Å². The number of methoxy groups -OCH3 is 1. The van der Waals surface area contributed by atoms with Gasteiger partial charge in [-0.15, -0.1) is 0 Å². The standard InChI is InChI=1S/C25H27N3O2/c1-18(15-20-17-30-24-9-8-21(29-2)16-22(20)24)27-11-13-28(14-12-27)23-7-3-5-19-6-4-10-26-25(19)23/h3-10,16-18H,11-15H2,1-2H3. The zero-order chi connectivity index (χ0) is 20.5. The summed E-state index contributed by atoms with van der Waals surface area (Å²) >= 11 is 0. The van der Waals surface area contributed by atoms with Gasteiger partial charge in [-0.05, 0) is 49.2 Å². The number of hydrogen-bond acceptors (Lipinski definition) is 5. The molecule has 0 bridgehead atoms. The van der Waals surface area contributed by atoms with Gasteiger partial charge >= 0.3 is 0 Å². The predicted molar refractivity (Wildman–Crippen MR) is 121 cm³/mol. The molecule has 30 heavy (non-hydrogen) atoms. The first kappa shape index (κ1) is 18.9. The van der Waals surface area contributed by atoms with Gasteiger partial charge in [0.2, 0.25) is 0 Å². The minimum atomic E-state index is 0.449. The summed E-state index contributed by atoms with van der Waals surface area (Å²) < 4.78 is 11.2. The Labute approximate surface area is 176 Å². The summed E-state index contributed by atoms with van der Waals surface area (Å²) in [7, 11) is 1.70. The van der Waals surface area contributed by atoms with Crippen molar-refractivity contribution in [2.75, 3.05) is 38.2 Å². The van der Waals surface area contributed by atoms with E-state index in [1.165, 1.54) is 16.6 Å². The van der Waals surface area contributed by atoms with Crippen LogP contribution in [0, 0.1) is 0 Å². The number of benzene rings is 2. The highest BCUT2D eigenvalue weighted by atomic mass is 16.5. The van der Waals surface area contributed by atoms with Gasteiger partial charge in [0, 0.05) is 49.2 Å². The number of piperazine rings is 1. The number of aromatic nitrogens is 1. The van der Waals surface area contributed by atoms with Crippen molar-refractivity contribution in [3.63, 3.8) is 0 Å². The monoisotopic (exact) mass is 401 g/mol. The van der Waals surface area contributed by atoms with Crippen LogP contribution >= 0.6 is 0 Å². The molecule has 0 spiro atoms. The minimum Gasteiger partial charge on any atom is -0.497 e. The van der Waals surface area contributed by atoms with Gasteiger partial charge in [0.05, 0.1) is 24.6 Å². The molecular formula is C25H27N3O2. The van der Waals surface area contributed by atoms with E-state index in [1.807, 2.05) is 30.7 Å². The fourth-order valence-corrected chi connectivity index (χ4v) is 4.54. The molecule has 5 nitrogen and oxygen atoms in total. The third-order valence-electron chi connectivity index (χ3n) is 6.27. The molecule has 1 atom stereocenters. The Balaban J connectivity index is 1.28. The smallest absolute Gasteiger partial charge is 0.134 e. The van der Waals surface area contributed by atoms with Gasteiger partial charge < -0.3 is 14.1 Å². The van der Waals surface area contributed by atoms with E-state index in [2.05, 4.69) is 52.0 Å². The molecule has 1 aliphatic rings. The number of furan rings is 1. The number of para-hydroxylation sites is 1. The van der Waals surface area contributed by atoms with Gasteiger partial charge in [-0.25, -0.2) is 0 Å². The van der Waals surface area contributed by atoms with Gasteiger partial charge in [-0.1, -0.05) is 18.2 Å². The van der Waals surface area contributed by atoms with Crippen molar-refractivity contribution < 1.29 is 9.15 Å². The number of pyridine rings is 1. The van der Waals surface area contributed by atoms with Gasteiger partial charge in [-0.2, -0.15) is 0 Å². The number of fused-ring (bicyclic) bond motifs is 2. The van der Waals surface area contributed by atoms with Crippen LogP contribution in [0.2, 0.25) is 0 Å². The zero-order valence-electron chi connectivity index (χ0n) is 17.5. The van der Waals surface area contributed by atoms with Crippen LogP contribution in [-0.2, 0) is 6.42 Å². The van der Waals surface area contributed by atoms with Crippen molar-refractivity contribution in [2.45, 2.75) is 19.4 Å². The second-order valence-corrected chi connectivity index (χ2v) is 8.05. The molecule has 1 fully saturated rings. The van der Waals surface area contributed by atoms with E-state index in [0.29, 0.717) is 6.04 Å². The lowest BCUT2D eigenvalue weighted by molar-refractivity contribution is 0.196. The number of nitrogens with zero attached hydrogens (tertiary/aromatic N) is 3. The highest BCUT2D eigenvalue weighted by Crippen LogP contribution is 2.29. The van der Waals surface area contributed by atoms with Gasteiger partial charge in [0.25, 0.3) is 0 Å². The number of ether oxygens (including phenoxy) is 1. The molecule has 5 heteroatoms. The largest absolute Gasteiger partial charge is 0.497 e. The van der Waals surface area contributed by atoms with Crippen molar-refractivity contribution in [1.82, 2.24) is 9.88 Å². The summed E-state index contributed by atoms with van der Waals surface area (Å²) in [6.45, 7) is 6.43. The first-order chi connectivity index (χ1) is 14.7. The van der Waals surface area contributed by atoms with Crippen molar-refractivity contribution in [2.24, 2.45) is 0 Å². The lowest BCUT2D eigenvalue weighted by atomic mass is 10.0. The van der Waals surface area contributed by atoms with Crippen LogP contribution in [0.1, 0.15) is 12.5 Å². The van der Waals surface area contributed by atoms with Crippen molar-refractivity contribution in [3.8, 4) is 5.75 Å². The van der Waals surface area contributed by atoms with Crippen LogP contribution in [0.5, 0.6) is 5.75 Å². The highest BCUT2D eigenvalue weighted by molar-refractivity contribution is 5.90. The molecule has 4 aromatic rings. The molecule has 2 aromatic heterocycles. The predicted octanol–water partition coefficient (Wildman–Crippen LogP) is 4.74. The highest BCUT2D eigenvalue weighted by Gasteiger charge is 2.23. The van der Waals surface area contributed by atoms with E-state index < -0.39 is 0 Å². The maximum atomic E-state index is 5.76. The maximum Gasteiger partial charge on any atom is 0.134 e. The Bertz CT molecular complexity index is 1160. The van der Waals surface area contributed by atoms with E-state index in [-0.39, 0.29) is 0 Å². The lowest BCUT2D eigenvalue weighted by Crippen LogP contribution is -2.50. The average molecular weight is 402 g/mol. The Morgan fingerprint density at radius 1 is 1.07 bits per heavy atom. The Hall–Kier alpha value is -3.05. The summed E-state index contributed by atoms with van der Waals surface area (Å²) in [4.78, 5) is 9.67. The molecule has 1 unspecified atom stereocenters. The van der Waals surface area contributed by atoms with E-state index >= 15 is 0 Å². The Morgan fingerprint density at radius 3 is 2.73 bits per heavy atom. The Morgan fingerprint density at radius 2 is 1.90 bits per heavy atom. The van der Waals surface area contributed by atoms with E-state index in [0.717, 1.165) is 54.8 Å². The van der Waals surface area contributed by atoms with Crippen LogP contribution in [0.15, 0.2) is 65.4 Å². The number of hydrogen-bond donors (Lipinski definition) is 0. The molecule has 1 saturated heterocycles. The van der Waals surface area contributed by atoms with Crippen molar-refractivity contribution in [1.29, 1.82) is 0 Å². The summed E-state index contributed by atoms with van der Waals surface area (Å²) in [5, 5.41) is 2.36. The molecule has 3 heterocycles.